The van der Waals surface area contributed by atoms with Crippen LogP contribution in [0.4, 0.5) is 0 Å². The SMILES string of the molecule is CC(C)(C)c1cc(CN2CCc3ccccc3C2)c(O)c(C(C)(C)C)c1. The number of phenols is 1. The molecule has 0 atom stereocenters. The molecule has 0 aliphatic carbocycles. The van der Waals surface area contributed by atoms with Crippen LogP contribution in [-0.2, 0) is 30.3 Å². The maximum atomic E-state index is 11.0. The van der Waals surface area contributed by atoms with Crippen molar-refractivity contribution in [1.82, 2.24) is 4.90 Å². The molecule has 2 aromatic rings. The minimum atomic E-state index is -0.0748. The molecule has 0 saturated carbocycles. The van der Waals surface area contributed by atoms with E-state index in [4.69, 9.17) is 0 Å². The van der Waals surface area contributed by atoms with Crippen LogP contribution in [0.3, 0.4) is 0 Å². The van der Waals surface area contributed by atoms with Gasteiger partial charge in [-0.1, -0.05) is 77.9 Å². The maximum absolute atomic E-state index is 11.0. The lowest BCUT2D eigenvalue weighted by atomic mass is 9.79. The van der Waals surface area contributed by atoms with Gasteiger partial charge in [0.2, 0.25) is 0 Å². The number of rotatable bonds is 2. The van der Waals surface area contributed by atoms with Crippen molar-refractivity contribution in [3.8, 4) is 5.75 Å². The molecule has 1 aliphatic heterocycles. The van der Waals surface area contributed by atoms with Crippen molar-refractivity contribution in [3.05, 3.63) is 64.2 Å². The number of fused-ring (bicyclic) bond motifs is 1. The second-order valence-electron chi connectivity index (χ2n) is 9.76. The van der Waals surface area contributed by atoms with E-state index in [1.165, 1.54) is 16.7 Å². The number of benzene rings is 2. The van der Waals surface area contributed by atoms with E-state index in [0.29, 0.717) is 5.75 Å². The normalized spacial score (nSPS) is 15.8. The predicted octanol–water partition coefficient (Wildman–Crippen LogP) is 5.55. The molecule has 140 valence electrons. The van der Waals surface area contributed by atoms with Gasteiger partial charge in [0.15, 0.2) is 0 Å². The molecular formula is C24H33NO. The van der Waals surface area contributed by atoms with E-state index in [1.54, 1.807) is 0 Å². The highest BCUT2D eigenvalue weighted by Gasteiger charge is 2.26. The van der Waals surface area contributed by atoms with E-state index >= 15 is 0 Å². The van der Waals surface area contributed by atoms with Crippen LogP contribution in [0.25, 0.3) is 0 Å². The van der Waals surface area contributed by atoms with Gasteiger partial charge in [-0.2, -0.15) is 0 Å². The molecule has 0 aromatic heterocycles. The fourth-order valence-corrected chi connectivity index (χ4v) is 3.75. The standard InChI is InChI=1S/C24H33NO/c1-23(2,3)20-13-19(22(26)21(14-20)24(4,5)6)16-25-12-11-17-9-7-8-10-18(17)15-25/h7-10,13-14,26H,11-12,15-16H2,1-6H3. The van der Waals surface area contributed by atoms with Crippen LogP contribution in [0.1, 0.15) is 69.4 Å². The third-order valence-electron chi connectivity index (χ3n) is 5.47. The summed E-state index contributed by atoms with van der Waals surface area (Å²) < 4.78 is 0. The second kappa shape index (κ2) is 6.74. The highest BCUT2D eigenvalue weighted by atomic mass is 16.3. The van der Waals surface area contributed by atoms with Crippen molar-refractivity contribution < 1.29 is 5.11 Å². The van der Waals surface area contributed by atoms with Gasteiger partial charge in [-0.15, -0.1) is 0 Å². The molecule has 0 unspecified atom stereocenters. The van der Waals surface area contributed by atoms with E-state index in [1.807, 2.05) is 0 Å². The molecule has 1 N–H and O–H groups in total. The lowest BCUT2D eigenvalue weighted by molar-refractivity contribution is 0.241. The topological polar surface area (TPSA) is 23.5 Å². The Labute approximate surface area is 158 Å². The zero-order chi connectivity index (χ0) is 19.1. The first-order valence-corrected chi connectivity index (χ1v) is 9.72. The zero-order valence-corrected chi connectivity index (χ0v) is 17.2. The second-order valence-corrected chi connectivity index (χ2v) is 9.76. The van der Waals surface area contributed by atoms with Gasteiger partial charge >= 0.3 is 0 Å². The van der Waals surface area contributed by atoms with E-state index in [0.717, 1.165) is 37.2 Å². The van der Waals surface area contributed by atoms with Gasteiger partial charge in [0.25, 0.3) is 0 Å². The fourth-order valence-electron chi connectivity index (χ4n) is 3.75. The smallest absolute Gasteiger partial charge is 0.123 e. The van der Waals surface area contributed by atoms with Crippen LogP contribution in [0.5, 0.6) is 5.75 Å². The lowest BCUT2D eigenvalue weighted by Crippen LogP contribution is -2.30. The zero-order valence-electron chi connectivity index (χ0n) is 17.2. The Balaban J connectivity index is 1.95. The molecule has 0 saturated heterocycles. The predicted molar refractivity (Wildman–Crippen MR) is 110 cm³/mol. The average Bonchev–Trinajstić information content (AvgIpc) is 2.54. The number of nitrogens with zero attached hydrogens (tertiary/aromatic N) is 1. The van der Waals surface area contributed by atoms with Gasteiger partial charge in [-0.05, 0) is 39.5 Å². The van der Waals surface area contributed by atoms with Crippen molar-refractivity contribution in [2.75, 3.05) is 6.54 Å². The Morgan fingerprint density at radius 2 is 1.58 bits per heavy atom. The van der Waals surface area contributed by atoms with Crippen molar-refractivity contribution in [1.29, 1.82) is 0 Å². The summed E-state index contributed by atoms with van der Waals surface area (Å²) in [6.45, 7) is 16.1. The molecule has 3 rings (SSSR count). The van der Waals surface area contributed by atoms with Gasteiger partial charge in [0, 0.05) is 25.2 Å². The summed E-state index contributed by atoms with van der Waals surface area (Å²) in [7, 11) is 0. The first-order valence-electron chi connectivity index (χ1n) is 9.72. The van der Waals surface area contributed by atoms with E-state index in [9.17, 15) is 5.11 Å². The van der Waals surface area contributed by atoms with Crippen molar-refractivity contribution in [2.24, 2.45) is 0 Å². The van der Waals surface area contributed by atoms with Crippen LogP contribution in [0, 0.1) is 0 Å². The number of hydrogen-bond acceptors (Lipinski definition) is 2. The van der Waals surface area contributed by atoms with Crippen molar-refractivity contribution in [3.63, 3.8) is 0 Å². The minimum Gasteiger partial charge on any atom is -0.507 e. The summed E-state index contributed by atoms with van der Waals surface area (Å²) in [4.78, 5) is 2.45. The van der Waals surface area contributed by atoms with E-state index in [2.05, 4.69) is 82.8 Å². The Kier molecular flexibility index (Phi) is 4.92. The van der Waals surface area contributed by atoms with Gasteiger partial charge in [-0.3, -0.25) is 4.90 Å². The molecule has 1 heterocycles. The molecule has 1 aliphatic rings. The number of phenolic OH excluding ortho intramolecular Hbond substituents is 1. The maximum Gasteiger partial charge on any atom is 0.123 e. The van der Waals surface area contributed by atoms with Gasteiger partial charge in [0.05, 0.1) is 0 Å². The van der Waals surface area contributed by atoms with Crippen LogP contribution < -0.4 is 0 Å². The van der Waals surface area contributed by atoms with Crippen LogP contribution in [0.2, 0.25) is 0 Å². The quantitative estimate of drug-likeness (QED) is 0.767. The van der Waals surface area contributed by atoms with Crippen LogP contribution in [0.15, 0.2) is 36.4 Å². The molecule has 2 nitrogen and oxygen atoms in total. The summed E-state index contributed by atoms with van der Waals surface area (Å²) in [5.41, 5.74) is 6.28. The summed E-state index contributed by atoms with van der Waals surface area (Å²) in [6, 6.07) is 13.1. The Morgan fingerprint density at radius 1 is 0.923 bits per heavy atom. The average molecular weight is 352 g/mol. The van der Waals surface area contributed by atoms with Gasteiger partial charge in [-0.25, -0.2) is 0 Å². The highest BCUT2D eigenvalue weighted by Crippen LogP contribution is 2.38. The minimum absolute atomic E-state index is 0.0664. The fraction of sp³-hybridized carbons (Fsp3) is 0.500. The molecule has 2 aromatic carbocycles. The molecule has 0 amide bonds. The van der Waals surface area contributed by atoms with Crippen molar-refractivity contribution in [2.45, 2.75) is 71.9 Å². The van der Waals surface area contributed by atoms with E-state index < -0.39 is 0 Å². The molecule has 2 heteroatoms. The van der Waals surface area contributed by atoms with E-state index in [-0.39, 0.29) is 10.8 Å². The van der Waals surface area contributed by atoms with Gasteiger partial charge in [0.1, 0.15) is 5.75 Å². The lowest BCUT2D eigenvalue weighted by Gasteiger charge is -2.31. The summed E-state index contributed by atoms with van der Waals surface area (Å²) >= 11 is 0. The molecular weight excluding hydrogens is 318 g/mol. The summed E-state index contributed by atoms with van der Waals surface area (Å²) in [6.07, 6.45) is 1.09. The molecule has 0 bridgehead atoms. The Hall–Kier alpha value is -1.80. The number of aromatic hydroxyl groups is 1. The summed E-state index contributed by atoms with van der Waals surface area (Å²) in [5.74, 6) is 0.476. The third kappa shape index (κ3) is 3.96. The van der Waals surface area contributed by atoms with Crippen molar-refractivity contribution >= 4 is 0 Å². The number of hydrogen-bond donors (Lipinski definition) is 1. The van der Waals surface area contributed by atoms with Crippen LogP contribution in [-0.4, -0.2) is 16.6 Å². The molecule has 0 radical (unpaired) electrons. The molecule has 26 heavy (non-hydrogen) atoms. The first-order chi connectivity index (χ1) is 12.1. The Morgan fingerprint density at radius 3 is 2.19 bits per heavy atom. The van der Waals surface area contributed by atoms with Crippen LogP contribution >= 0.6 is 0 Å². The Bertz CT molecular complexity index is 793. The van der Waals surface area contributed by atoms with Gasteiger partial charge < -0.3 is 5.11 Å². The highest BCUT2D eigenvalue weighted by molar-refractivity contribution is 5.48. The largest absolute Gasteiger partial charge is 0.507 e. The first kappa shape index (κ1) is 19.0. The molecule has 0 fully saturated rings. The monoisotopic (exact) mass is 351 g/mol. The third-order valence-corrected chi connectivity index (χ3v) is 5.47. The summed E-state index contributed by atoms with van der Waals surface area (Å²) in [5, 5.41) is 11.0. The molecule has 0 spiro atoms.